The van der Waals surface area contributed by atoms with E-state index in [-0.39, 0.29) is 11.4 Å². The summed E-state index contributed by atoms with van der Waals surface area (Å²) < 4.78 is 6.59. The number of halogens is 2. The van der Waals surface area contributed by atoms with Gasteiger partial charge in [0.05, 0.1) is 4.91 Å². The molecule has 1 heterocycles. The average Bonchev–Trinajstić information content (AvgIpc) is 2.96. The van der Waals surface area contributed by atoms with Crippen molar-refractivity contribution in [3.63, 3.8) is 0 Å². The van der Waals surface area contributed by atoms with Crippen LogP contribution in [-0.4, -0.2) is 18.0 Å². The van der Waals surface area contributed by atoms with Gasteiger partial charge in [0, 0.05) is 20.7 Å². The maximum atomic E-state index is 12.4. The third-order valence-electron chi connectivity index (χ3n) is 3.83. The van der Waals surface area contributed by atoms with Crippen LogP contribution in [-0.2, 0) is 4.79 Å². The smallest absolute Gasteiger partial charge is 0.260 e. The first-order valence-corrected chi connectivity index (χ1v) is 10.3. The Labute approximate surface area is 176 Å². The van der Waals surface area contributed by atoms with Gasteiger partial charge in [0.25, 0.3) is 5.91 Å². The molecule has 140 valence electrons. The molecule has 3 rings (SSSR count). The molecule has 2 aromatic carbocycles. The lowest BCUT2D eigenvalue weighted by atomic mass is 10.2. The highest BCUT2D eigenvalue weighted by molar-refractivity contribution is 9.10. The zero-order valence-corrected chi connectivity index (χ0v) is 17.7. The predicted molar refractivity (Wildman–Crippen MR) is 117 cm³/mol. The Kier molecular flexibility index (Phi) is 6.52. The van der Waals surface area contributed by atoms with Gasteiger partial charge in [-0.25, -0.2) is 0 Å². The molecule has 2 N–H and O–H groups in total. The van der Waals surface area contributed by atoms with Crippen LogP contribution >= 0.6 is 39.3 Å². The van der Waals surface area contributed by atoms with Gasteiger partial charge in [0.15, 0.2) is 5.50 Å². The Hall–Kier alpha value is -1.89. The van der Waals surface area contributed by atoms with Gasteiger partial charge in [0.2, 0.25) is 0 Å². The number of carbonyl (C=O) groups excluding carboxylic acids is 1. The van der Waals surface area contributed by atoms with Crippen LogP contribution in [0.4, 0.5) is 5.69 Å². The summed E-state index contributed by atoms with van der Waals surface area (Å²) >= 11 is 10.9. The number of aryl methyl sites for hydroxylation is 1. The zero-order chi connectivity index (χ0) is 19.4. The number of rotatable bonds is 6. The molecule has 0 saturated carbocycles. The molecular weight excluding hydrogens is 448 g/mol. The van der Waals surface area contributed by atoms with Gasteiger partial charge in [-0.1, -0.05) is 58.0 Å². The number of benzene rings is 2. The third-order valence-corrected chi connectivity index (χ3v) is 5.59. The maximum absolute atomic E-state index is 12.4. The molecule has 1 aliphatic heterocycles. The zero-order valence-electron chi connectivity index (χ0n) is 14.6. The minimum absolute atomic E-state index is 0.133. The van der Waals surface area contributed by atoms with Gasteiger partial charge in [-0.15, -0.1) is 0 Å². The number of ether oxygens (including phenoxy) is 1. The van der Waals surface area contributed by atoms with Crippen LogP contribution in [0.5, 0.6) is 5.75 Å². The molecule has 1 aliphatic rings. The Balaban J connectivity index is 1.80. The second kappa shape index (κ2) is 8.87. The normalized spacial score (nSPS) is 17.7. The number of anilines is 1. The van der Waals surface area contributed by atoms with Gasteiger partial charge in [-0.3, -0.25) is 4.79 Å². The van der Waals surface area contributed by atoms with Gasteiger partial charge in [-0.05, 0) is 48.9 Å². The summed E-state index contributed by atoms with van der Waals surface area (Å²) in [5.41, 5.74) is 2.49. The van der Waals surface area contributed by atoms with Crippen LogP contribution in [0, 0.1) is 6.92 Å². The van der Waals surface area contributed by atoms with E-state index in [2.05, 4.69) is 33.1 Å². The summed E-state index contributed by atoms with van der Waals surface area (Å²) in [5.74, 6) is 0.563. The number of nitrogens with one attached hydrogen (secondary N) is 2. The van der Waals surface area contributed by atoms with Crippen molar-refractivity contribution in [1.29, 1.82) is 0 Å². The lowest BCUT2D eigenvalue weighted by Gasteiger charge is -2.15. The standard InChI is InChI=1S/C20H18BrClN2O2S/c1-3-8-26-17-7-5-14(21)9-13(17)10-18-19(25)24-20(27-18)23-16-11-15(22)6-4-12(16)2/h3-7,9-11,20,23H,1,8H2,2H3,(H,24,25)/b18-10-. The largest absolute Gasteiger partial charge is 0.489 e. The Morgan fingerprint density at radius 3 is 2.96 bits per heavy atom. The monoisotopic (exact) mass is 464 g/mol. The predicted octanol–water partition coefficient (Wildman–Crippen LogP) is 5.58. The van der Waals surface area contributed by atoms with Gasteiger partial charge < -0.3 is 15.4 Å². The van der Waals surface area contributed by atoms with Crippen LogP contribution in [0.2, 0.25) is 5.02 Å². The van der Waals surface area contributed by atoms with E-state index < -0.39 is 0 Å². The molecule has 0 aliphatic carbocycles. The highest BCUT2D eigenvalue weighted by atomic mass is 79.9. The molecule has 0 bridgehead atoms. The molecule has 7 heteroatoms. The molecule has 1 fully saturated rings. The SMILES string of the molecule is C=CCOc1ccc(Br)cc1/C=C1\SC(Nc2cc(Cl)ccc2C)NC1=O. The number of carbonyl (C=O) groups is 1. The number of hydrogen-bond acceptors (Lipinski definition) is 4. The molecule has 1 atom stereocenters. The van der Waals surface area contributed by atoms with Crippen molar-refractivity contribution < 1.29 is 9.53 Å². The molecule has 0 spiro atoms. The van der Waals surface area contributed by atoms with E-state index >= 15 is 0 Å². The molecule has 1 unspecified atom stereocenters. The summed E-state index contributed by atoms with van der Waals surface area (Å²) in [6, 6.07) is 11.3. The van der Waals surface area contributed by atoms with Gasteiger partial charge in [0.1, 0.15) is 12.4 Å². The highest BCUT2D eigenvalue weighted by Crippen LogP contribution is 2.34. The second-order valence-electron chi connectivity index (χ2n) is 5.87. The molecule has 0 aromatic heterocycles. The lowest BCUT2D eigenvalue weighted by Crippen LogP contribution is -2.31. The van der Waals surface area contributed by atoms with Crippen LogP contribution in [0.15, 0.2) is 58.4 Å². The first-order chi connectivity index (χ1) is 13.0. The van der Waals surface area contributed by atoms with E-state index in [1.165, 1.54) is 11.8 Å². The number of hydrogen-bond donors (Lipinski definition) is 2. The van der Waals surface area contributed by atoms with E-state index in [0.717, 1.165) is 21.3 Å². The van der Waals surface area contributed by atoms with E-state index in [1.807, 2.05) is 49.4 Å². The summed E-state index contributed by atoms with van der Waals surface area (Å²) in [6.07, 6.45) is 3.51. The van der Waals surface area contributed by atoms with Crippen molar-refractivity contribution in [2.45, 2.75) is 12.4 Å². The quantitative estimate of drug-likeness (QED) is 0.432. The fraction of sp³-hybridized carbons (Fsp3) is 0.150. The molecule has 0 radical (unpaired) electrons. The molecular formula is C20H18BrClN2O2S. The number of thioether (sulfide) groups is 1. The number of amides is 1. The Morgan fingerprint density at radius 1 is 1.37 bits per heavy atom. The fourth-order valence-electron chi connectivity index (χ4n) is 2.51. The fourth-order valence-corrected chi connectivity index (χ4v) is 4.03. The van der Waals surface area contributed by atoms with Gasteiger partial charge in [-0.2, -0.15) is 0 Å². The van der Waals surface area contributed by atoms with Crippen LogP contribution in [0.3, 0.4) is 0 Å². The highest BCUT2D eigenvalue weighted by Gasteiger charge is 2.27. The van der Waals surface area contributed by atoms with Crippen LogP contribution < -0.4 is 15.4 Å². The minimum atomic E-state index is -0.273. The van der Waals surface area contributed by atoms with Crippen molar-refractivity contribution in [3.05, 3.63) is 74.6 Å². The molecule has 1 amide bonds. The topological polar surface area (TPSA) is 50.4 Å². The maximum Gasteiger partial charge on any atom is 0.260 e. The first kappa shape index (κ1) is 19.9. The van der Waals surface area contributed by atoms with E-state index in [1.54, 1.807) is 6.08 Å². The first-order valence-electron chi connectivity index (χ1n) is 8.21. The molecule has 27 heavy (non-hydrogen) atoms. The van der Waals surface area contributed by atoms with Crippen LogP contribution in [0.25, 0.3) is 6.08 Å². The average molecular weight is 466 g/mol. The minimum Gasteiger partial charge on any atom is -0.489 e. The van der Waals surface area contributed by atoms with E-state index in [9.17, 15) is 4.79 Å². The second-order valence-corrected chi connectivity index (χ2v) is 8.36. The van der Waals surface area contributed by atoms with Crippen molar-refractivity contribution >= 4 is 57.0 Å². The van der Waals surface area contributed by atoms with Crippen molar-refractivity contribution in [1.82, 2.24) is 5.32 Å². The summed E-state index contributed by atoms with van der Waals surface area (Å²) in [7, 11) is 0. The summed E-state index contributed by atoms with van der Waals surface area (Å²) in [6.45, 7) is 6.05. The molecule has 1 saturated heterocycles. The Morgan fingerprint density at radius 2 is 2.19 bits per heavy atom. The van der Waals surface area contributed by atoms with Crippen LogP contribution in [0.1, 0.15) is 11.1 Å². The van der Waals surface area contributed by atoms with Crippen molar-refractivity contribution in [2.24, 2.45) is 0 Å². The van der Waals surface area contributed by atoms with Crippen molar-refractivity contribution in [2.75, 3.05) is 11.9 Å². The third kappa shape index (κ3) is 5.09. The Bertz CT molecular complexity index is 917. The van der Waals surface area contributed by atoms with E-state index in [4.69, 9.17) is 16.3 Å². The lowest BCUT2D eigenvalue weighted by molar-refractivity contribution is -0.116. The molecule has 4 nitrogen and oxygen atoms in total. The molecule has 2 aromatic rings. The summed E-state index contributed by atoms with van der Waals surface area (Å²) in [5, 5.41) is 6.88. The van der Waals surface area contributed by atoms with Crippen molar-refractivity contribution in [3.8, 4) is 5.75 Å². The van der Waals surface area contributed by atoms with E-state index in [0.29, 0.717) is 22.3 Å². The summed E-state index contributed by atoms with van der Waals surface area (Å²) in [4.78, 5) is 13.0. The van der Waals surface area contributed by atoms with Gasteiger partial charge >= 0.3 is 0 Å².